The molecular weight excluding hydrogens is 204 g/mol. The molecule has 0 aromatic heterocycles. The van der Waals surface area contributed by atoms with Crippen molar-refractivity contribution in [2.24, 2.45) is 0 Å². The van der Waals surface area contributed by atoms with Crippen LogP contribution in [0.25, 0.3) is 0 Å². The number of nitrogen functional groups attached to an aromatic ring is 2. The number of carbonyl (C=O) groups excluding carboxylic acids is 1. The Morgan fingerprint density at radius 2 is 1.81 bits per heavy atom. The minimum absolute atomic E-state index is 0.215. The van der Waals surface area contributed by atoms with Gasteiger partial charge in [0.25, 0.3) is 0 Å². The van der Waals surface area contributed by atoms with Crippen LogP contribution in [0.4, 0.5) is 11.4 Å². The number of ether oxygens (including phenoxy) is 1. The van der Waals surface area contributed by atoms with Crippen molar-refractivity contribution in [3.63, 3.8) is 0 Å². The Balaban J connectivity index is 2.90. The molecule has 0 fully saturated rings. The van der Waals surface area contributed by atoms with E-state index in [4.69, 9.17) is 16.2 Å². The number of esters is 1. The van der Waals surface area contributed by atoms with E-state index in [1.54, 1.807) is 25.1 Å². The van der Waals surface area contributed by atoms with Crippen LogP contribution in [0, 0.1) is 0 Å². The Kier molecular flexibility index (Phi) is 4.17. The number of hydrogen-bond donors (Lipinski definition) is 2. The van der Waals surface area contributed by atoms with Crippen LogP contribution in [0.15, 0.2) is 18.2 Å². The van der Waals surface area contributed by atoms with Gasteiger partial charge in [-0.15, -0.1) is 0 Å². The zero-order valence-electron chi connectivity index (χ0n) is 9.69. The van der Waals surface area contributed by atoms with Crippen LogP contribution in [0.1, 0.15) is 38.4 Å². The highest BCUT2D eigenvalue weighted by atomic mass is 16.5. The van der Waals surface area contributed by atoms with Crippen molar-refractivity contribution in [3.05, 3.63) is 23.8 Å². The lowest BCUT2D eigenvalue weighted by Gasteiger charge is -2.17. The molecule has 1 aromatic carbocycles. The lowest BCUT2D eigenvalue weighted by molar-refractivity contribution is -0.149. The van der Waals surface area contributed by atoms with Gasteiger partial charge in [-0.3, -0.25) is 4.79 Å². The monoisotopic (exact) mass is 222 g/mol. The second-order valence-electron chi connectivity index (χ2n) is 3.67. The van der Waals surface area contributed by atoms with Gasteiger partial charge in [0, 0.05) is 17.8 Å². The van der Waals surface area contributed by atoms with Gasteiger partial charge in [0.05, 0.1) is 0 Å². The Morgan fingerprint density at radius 1 is 1.25 bits per heavy atom. The first-order valence-electron chi connectivity index (χ1n) is 5.42. The molecule has 1 atom stereocenters. The van der Waals surface area contributed by atoms with Crippen molar-refractivity contribution in [3.8, 4) is 0 Å². The van der Waals surface area contributed by atoms with Crippen LogP contribution in [-0.4, -0.2) is 5.97 Å². The van der Waals surface area contributed by atoms with E-state index in [1.807, 2.05) is 6.92 Å². The molecule has 0 amide bonds. The SMILES string of the molecule is CCC(=O)OC(CC)c1cc(N)cc(N)c1. The van der Waals surface area contributed by atoms with E-state index in [0.717, 1.165) is 5.56 Å². The summed E-state index contributed by atoms with van der Waals surface area (Å²) in [5.41, 5.74) is 13.4. The summed E-state index contributed by atoms with van der Waals surface area (Å²) in [6.07, 6.45) is 0.807. The van der Waals surface area contributed by atoms with E-state index in [-0.39, 0.29) is 12.1 Å². The van der Waals surface area contributed by atoms with Crippen molar-refractivity contribution in [1.29, 1.82) is 0 Å². The van der Waals surface area contributed by atoms with E-state index >= 15 is 0 Å². The van der Waals surface area contributed by atoms with Crippen LogP contribution in [-0.2, 0) is 9.53 Å². The van der Waals surface area contributed by atoms with Gasteiger partial charge in [0.1, 0.15) is 6.10 Å². The summed E-state index contributed by atoms with van der Waals surface area (Å²) in [6, 6.07) is 5.25. The van der Waals surface area contributed by atoms with Gasteiger partial charge < -0.3 is 16.2 Å². The fourth-order valence-electron chi connectivity index (χ4n) is 1.52. The topological polar surface area (TPSA) is 78.3 Å². The average molecular weight is 222 g/mol. The molecule has 0 bridgehead atoms. The molecule has 0 heterocycles. The van der Waals surface area contributed by atoms with Crippen LogP contribution >= 0.6 is 0 Å². The number of nitrogens with two attached hydrogens (primary N) is 2. The molecule has 16 heavy (non-hydrogen) atoms. The Hall–Kier alpha value is -1.71. The molecule has 4 heteroatoms. The first-order chi connectivity index (χ1) is 7.56. The van der Waals surface area contributed by atoms with Crippen LogP contribution in [0.3, 0.4) is 0 Å². The zero-order chi connectivity index (χ0) is 12.1. The smallest absolute Gasteiger partial charge is 0.306 e. The predicted molar refractivity (Wildman–Crippen MR) is 64.7 cm³/mol. The van der Waals surface area contributed by atoms with Gasteiger partial charge >= 0.3 is 5.97 Å². The molecular formula is C12H18N2O2. The van der Waals surface area contributed by atoms with Crippen molar-refractivity contribution in [2.75, 3.05) is 11.5 Å². The number of hydrogen-bond acceptors (Lipinski definition) is 4. The quantitative estimate of drug-likeness (QED) is 0.605. The number of benzene rings is 1. The lowest BCUT2D eigenvalue weighted by Crippen LogP contribution is -2.10. The number of rotatable bonds is 4. The Bertz CT molecular complexity index is 357. The second-order valence-corrected chi connectivity index (χ2v) is 3.67. The van der Waals surface area contributed by atoms with E-state index in [0.29, 0.717) is 24.2 Å². The molecule has 0 saturated heterocycles. The molecule has 0 saturated carbocycles. The van der Waals surface area contributed by atoms with Crippen molar-refractivity contribution in [1.82, 2.24) is 0 Å². The highest BCUT2D eigenvalue weighted by molar-refractivity contribution is 5.69. The summed E-state index contributed by atoms with van der Waals surface area (Å²) in [5, 5.41) is 0. The maximum Gasteiger partial charge on any atom is 0.306 e. The molecule has 88 valence electrons. The third-order valence-corrected chi connectivity index (χ3v) is 2.30. The second kappa shape index (κ2) is 5.39. The largest absolute Gasteiger partial charge is 0.457 e. The van der Waals surface area contributed by atoms with E-state index in [9.17, 15) is 4.79 Å². The maximum atomic E-state index is 11.2. The van der Waals surface area contributed by atoms with Crippen LogP contribution < -0.4 is 11.5 Å². The summed E-state index contributed by atoms with van der Waals surface area (Å²) in [4.78, 5) is 11.2. The predicted octanol–water partition coefficient (Wildman–Crippen LogP) is 2.26. The van der Waals surface area contributed by atoms with Crippen molar-refractivity contribution >= 4 is 17.3 Å². The lowest BCUT2D eigenvalue weighted by atomic mass is 10.1. The first kappa shape index (κ1) is 12.4. The summed E-state index contributed by atoms with van der Waals surface area (Å²) >= 11 is 0. The number of anilines is 2. The fourth-order valence-corrected chi connectivity index (χ4v) is 1.52. The van der Waals surface area contributed by atoms with Crippen LogP contribution in [0.5, 0.6) is 0 Å². The molecule has 0 aliphatic heterocycles. The van der Waals surface area contributed by atoms with Gasteiger partial charge in [0.15, 0.2) is 0 Å². The summed E-state index contributed by atoms with van der Waals surface area (Å²) in [6.45, 7) is 3.72. The highest BCUT2D eigenvalue weighted by Gasteiger charge is 2.14. The van der Waals surface area contributed by atoms with Gasteiger partial charge in [0.2, 0.25) is 0 Å². The molecule has 4 nitrogen and oxygen atoms in total. The van der Waals surface area contributed by atoms with Gasteiger partial charge in [-0.05, 0) is 30.2 Å². The maximum absolute atomic E-state index is 11.2. The molecule has 0 aliphatic carbocycles. The molecule has 0 aliphatic rings. The van der Waals surface area contributed by atoms with E-state index in [1.165, 1.54) is 0 Å². The van der Waals surface area contributed by atoms with Gasteiger partial charge in [-0.25, -0.2) is 0 Å². The molecule has 4 N–H and O–H groups in total. The number of carbonyl (C=O) groups is 1. The Morgan fingerprint density at radius 3 is 2.25 bits per heavy atom. The van der Waals surface area contributed by atoms with Crippen molar-refractivity contribution < 1.29 is 9.53 Å². The molecule has 1 aromatic rings. The van der Waals surface area contributed by atoms with E-state index in [2.05, 4.69) is 0 Å². The minimum Gasteiger partial charge on any atom is -0.457 e. The van der Waals surface area contributed by atoms with Crippen molar-refractivity contribution in [2.45, 2.75) is 32.8 Å². The average Bonchev–Trinajstić information content (AvgIpc) is 2.24. The van der Waals surface area contributed by atoms with E-state index < -0.39 is 0 Å². The van der Waals surface area contributed by atoms with Crippen LogP contribution in [0.2, 0.25) is 0 Å². The zero-order valence-corrected chi connectivity index (χ0v) is 9.69. The van der Waals surface area contributed by atoms with Gasteiger partial charge in [-0.1, -0.05) is 13.8 Å². The summed E-state index contributed by atoms with van der Waals surface area (Å²) in [7, 11) is 0. The third kappa shape index (κ3) is 3.15. The molecule has 1 rings (SSSR count). The molecule has 0 radical (unpaired) electrons. The molecule has 1 unspecified atom stereocenters. The van der Waals surface area contributed by atoms with Gasteiger partial charge in [-0.2, -0.15) is 0 Å². The first-order valence-corrected chi connectivity index (χ1v) is 5.42. The standard InChI is InChI=1S/C12H18N2O2/c1-3-11(16-12(15)4-2)8-5-9(13)7-10(14)6-8/h5-7,11H,3-4,13-14H2,1-2H3. The Labute approximate surface area is 95.6 Å². The fraction of sp³-hybridized carbons (Fsp3) is 0.417. The third-order valence-electron chi connectivity index (χ3n) is 2.30. The highest BCUT2D eigenvalue weighted by Crippen LogP contribution is 2.25. The summed E-state index contributed by atoms with van der Waals surface area (Å²) < 4.78 is 5.29. The normalized spacial score (nSPS) is 12.1. The summed E-state index contributed by atoms with van der Waals surface area (Å²) in [5.74, 6) is -0.215. The minimum atomic E-state index is -0.266. The molecule has 0 spiro atoms.